The van der Waals surface area contributed by atoms with Crippen molar-refractivity contribution in [2.75, 3.05) is 5.32 Å². The maximum absolute atomic E-state index is 12.5. The van der Waals surface area contributed by atoms with E-state index in [0.29, 0.717) is 5.56 Å². The average Bonchev–Trinajstić information content (AvgIpc) is 2.69. The zero-order valence-electron chi connectivity index (χ0n) is 14.0. The zero-order chi connectivity index (χ0) is 17.9. The molecule has 1 amide bonds. The molecule has 26 heavy (non-hydrogen) atoms. The number of anilines is 1. The van der Waals surface area contributed by atoms with E-state index in [-0.39, 0.29) is 11.7 Å². The summed E-state index contributed by atoms with van der Waals surface area (Å²) in [5, 5.41) is 14.3. The largest absolute Gasteiger partial charge is 0.508 e. The molecule has 3 heteroatoms. The third-order valence-electron chi connectivity index (χ3n) is 4.34. The summed E-state index contributed by atoms with van der Waals surface area (Å²) < 4.78 is 0. The second-order valence-corrected chi connectivity index (χ2v) is 6.14. The Morgan fingerprint density at radius 3 is 2.12 bits per heavy atom. The molecule has 0 aromatic heterocycles. The molecule has 0 fully saturated rings. The van der Waals surface area contributed by atoms with Crippen LogP contribution in [-0.2, 0) is 0 Å². The summed E-state index contributed by atoms with van der Waals surface area (Å²) in [6.07, 6.45) is 0. The number of phenols is 1. The Kier molecular flexibility index (Phi) is 4.12. The Morgan fingerprint density at radius 2 is 1.35 bits per heavy atom. The molecule has 4 rings (SSSR count). The normalized spacial score (nSPS) is 10.6. The van der Waals surface area contributed by atoms with E-state index >= 15 is 0 Å². The van der Waals surface area contributed by atoms with Crippen LogP contribution in [0.4, 0.5) is 5.69 Å². The van der Waals surface area contributed by atoms with Crippen LogP contribution < -0.4 is 5.32 Å². The monoisotopic (exact) mass is 339 g/mol. The van der Waals surface area contributed by atoms with Crippen LogP contribution in [0.25, 0.3) is 21.9 Å². The van der Waals surface area contributed by atoms with Gasteiger partial charge in [0.05, 0.1) is 0 Å². The topological polar surface area (TPSA) is 49.3 Å². The van der Waals surface area contributed by atoms with Crippen molar-refractivity contribution in [2.45, 2.75) is 0 Å². The van der Waals surface area contributed by atoms with E-state index in [9.17, 15) is 9.90 Å². The highest BCUT2D eigenvalue weighted by molar-refractivity contribution is 6.06. The summed E-state index contributed by atoms with van der Waals surface area (Å²) in [7, 11) is 0. The van der Waals surface area contributed by atoms with E-state index in [2.05, 4.69) is 17.4 Å². The maximum atomic E-state index is 12.5. The van der Waals surface area contributed by atoms with Gasteiger partial charge in [0, 0.05) is 11.3 Å². The summed E-state index contributed by atoms with van der Waals surface area (Å²) >= 11 is 0. The predicted molar refractivity (Wildman–Crippen MR) is 105 cm³/mol. The van der Waals surface area contributed by atoms with Crippen molar-refractivity contribution in [1.82, 2.24) is 0 Å². The first-order valence-corrected chi connectivity index (χ1v) is 8.39. The first-order chi connectivity index (χ1) is 12.7. The van der Waals surface area contributed by atoms with Gasteiger partial charge < -0.3 is 10.4 Å². The molecule has 0 atom stereocenters. The third-order valence-corrected chi connectivity index (χ3v) is 4.34. The van der Waals surface area contributed by atoms with E-state index in [1.54, 1.807) is 24.3 Å². The van der Waals surface area contributed by atoms with E-state index < -0.39 is 0 Å². The SMILES string of the molecule is O=C(Nc1ccc(-c2ccccc2)cc1)c1ccc2cc(O)ccc2c1. The number of carbonyl (C=O) groups excluding carboxylic acids is 1. The first-order valence-electron chi connectivity index (χ1n) is 8.39. The van der Waals surface area contributed by atoms with Crippen LogP contribution in [0.3, 0.4) is 0 Å². The number of carbonyl (C=O) groups is 1. The van der Waals surface area contributed by atoms with E-state index in [0.717, 1.165) is 27.6 Å². The smallest absolute Gasteiger partial charge is 0.255 e. The van der Waals surface area contributed by atoms with Crippen LogP contribution in [0.2, 0.25) is 0 Å². The van der Waals surface area contributed by atoms with Crippen molar-refractivity contribution in [1.29, 1.82) is 0 Å². The van der Waals surface area contributed by atoms with Crippen LogP contribution in [-0.4, -0.2) is 11.0 Å². The molecule has 0 spiro atoms. The number of nitrogens with one attached hydrogen (secondary N) is 1. The minimum atomic E-state index is -0.160. The van der Waals surface area contributed by atoms with Gasteiger partial charge >= 0.3 is 0 Å². The highest BCUT2D eigenvalue weighted by atomic mass is 16.3. The second-order valence-electron chi connectivity index (χ2n) is 6.14. The fourth-order valence-electron chi connectivity index (χ4n) is 2.95. The molecule has 0 aliphatic rings. The van der Waals surface area contributed by atoms with Crippen molar-refractivity contribution in [3.8, 4) is 16.9 Å². The number of hydrogen-bond acceptors (Lipinski definition) is 2. The molecule has 0 bridgehead atoms. The lowest BCUT2D eigenvalue weighted by molar-refractivity contribution is 0.102. The van der Waals surface area contributed by atoms with Gasteiger partial charge in [-0.15, -0.1) is 0 Å². The maximum Gasteiger partial charge on any atom is 0.255 e. The van der Waals surface area contributed by atoms with Gasteiger partial charge in [-0.1, -0.05) is 54.6 Å². The highest BCUT2D eigenvalue weighted by Crippen LogP contribution is 2.23. The minimum Gasteiger partial charge on any atom is -0.508 e. The van der Waals surface area contributed by atoms with Crippen LogP contribution in [0.5, 0.6) is 5.75 Å². The molecule has 0 aliphatic carbocycles. The zero-order valence-corrected chi connectivity index (χ0v) is 14.0. The average molecular weight is 339 g/mol. The Labute approximate surface area is 151 Å². The molecular weight excluding hydrogens is 322 g/mol. The number of amides is 1. The molecule has 4 aromatic carbocycles. The van der Waals surface area contributed by atoms with Crippen LogP contribution in [0.1, 0.15) is 10.4 Å². The van der Waals surface area contributed by atoms with E-state index in [1.807, 2.05) is 54.6 Å². The molecule has 0 saturated carbocycles. The Morgan fingerprint density at radius 1 is 0.692 bits per heavy atom. The minimum absolute atomic E-state index is 0.160. The van der Waals surface area contributed by atoms with Gasteiger partial charge in [-0.3, -0.25) is 4.79 Å². The van der Waals surface area contributed by atoms with Gasteiger partial charge in [-0.2, -0.15) is 0 Å². The van der Waals surface area contributed by atoms with E-state index in [4.69, 9.17) is 0 Å². The highest BCUT2D eigenvalue weighted by Gasteiger charge is 2.08. The molecule has 0 aliphatic heterocycles. The van der Waals surface area contributed by atoms with Crippen molar-refractivity contribution < 1.29 is 9.90 Å². The summed E-state index contributed by atoms with van der Waals surface area (Å²) in [6, 6.07) is 28.4. The van der Waals surface area contributed by atoms with Gasteiger partial charge in [-0.05, 0) is 58.3 Å². The van der Waals surface area contributed by atoms with Gasteiger partial charge in [0.1, 0.15) is 5.75 Å². The lowest BCUT2D eigenvalue weighted by Gasteiger charge is -2.08. The van der Waals surface area contributed by atoms with Crippen LogP contribution >= 0.6 is 0 Å². The number of rotatable bonds is 3. The molecule has 2 N–H and O–H groups in total. The van der Waals surface area contributed by atoms with Crippen LogP contribution in [0, 0.1) is 0 Å². The molecular formula is C23H17NO2. The van der Waals surface area contributed by atoms with Gasteiger partial charge in [0.2, 0.25) is 0 Å². The summed E-state index contributed by atoms with van der Waals surface area (Å²) in [5.41, 5.74) is 3.58. The number of hydrogen-bond donors (Lipinski definition) is 2. The molecule has 4 aromatic rings. The van der Waals surface area contributed by atoms with Gasteiger partial charge in [-0.25, -0.2) is 0 Å². The van der Waals surface area contributed by atoms with Crippen molar-refractivity contribution in [3.05, 3.63) is 96.6 Å². The molecule has 0 heterocycles. The summed E-state index contributed by atoms with van der Waals surface area (Å²) in [6.45, 7) is 0. The Hall–Kier alpha value is -3.59. The first kappa shape index (κ1) is 15.9. The molecule has 0 radical (unpaired) electrons. The lowest BCUT2D eigenvalue weighted by atomic mass is 10.0. The number of phenolic OH excluding ortho intramolecular Hbond substituents is 1. The Balaban J connectivity index is 1.53. The predicted octanol–water partition coefficient (Wildman–Crippen LogP) is 5.46. The summed E-state index contributed by atoms with van der Waals surface area (Å²) in [4.78, 5) is 12.5. The summed E-state index contributed by atoms with van der Waals surface area (Å²) in [5.74, 6) is 0.0562. The van der Waals surface area contributed by atoms with Crippen molar-refractivity contribution >= 4 is 22.4 Å². The second kappa shape index (κ2) is 6.73. The molecule has 3 nitrogen and oxygen atoms in total. The molecule has 126 valence electrons. The quantitative estimate of drug-likeness (QED) is 0.520. The van der Waals surface area contributed by atoms with Crippen molar-refractivity contribution in [2.24, 2.45) is 0 Å². The van der Waals surface area contributed by atoms with Crippen molar-refractivity contribution in [3.63, 3.8) is 0 Å². The fourth-order valence-corrected chi connectivity index (χ4v) is 2.95. The number of fused-ring (bicyclic) bond motifs is 1. The molecule has 0 saturated heterocycles. The number of aromatic hydroxyl groups is 1. The fraction of sp³-hybridized carbons (Fsp3) is 0. The standard InChI is InChI=1S/C23H17NO2/c25-22-13-10-18-14-20(7-6-19(18)15-22)23(26)24-21-11-8-17(9-12-21)16-4-2-1-3-5-16/h1-15,25H,(H,24,26). The Bertz CT molecular complexity index is 1070. The van der Waals surface area contributed by atoms with Gasteiger partial charge in [0.25, 0.3) is 5.91 Å². The van der Waals surface area contributed by atoms with E-state index in [1.165, 1.54) is 0 Å². The lowest BCUT2D eigenvalue weighted by Crippen LogP contribution is -2.11. The molecule has 0 unspecified atom stereocenters. The third kappa shape index (κ3) is 3.28. The van der Waals surface area contributed by atoms with Gasteiger partial charge in [0.15, 0.2) is 0 Å². The number of benzene rings is 4. The van der Waals surface area contributed by atoms with Crippen LogP contribution in [0.15, 0.2) is 91.0 Å².